The largest absolute Gasteiger partial charge is 0.382 e. The second kappa shape index (κ2) is 5.39. The number of carbonyl (C=O) groups excluding carboxylic acids is 1. The van der Waals surface area contributed by atoms with Crippen molar-refractivity contribution in [2.75, 3.05) is 5.73 Å². The van der Waals surface area contributed by atoms with E-state index in [0.29, 0.717) is 22.7 Å². The molecule has 0 aliphatic carbocycles. The Morgan fingerprint density at radius 3 is 2.67 bits per heavy atom. The van der Waals surface area contributed by atoms with E-state index in [1.165, 1.54) is 12.7 Å². The number of rotatable bonds is 1. The summed E-state index contributed by atoms with van der Waals surface area (Å²) in [5.41, 5.74) is 12.1. The first-order valence-electron chi connectivity index (χ1n) is 4.76. The first kappa shape index (κ1) is 12.2. The molecule has 5 N–H and O–H groups in total. The van der Waals surface area contributed by atoms with E-state index in [-0.39, 0.29) is 14.5 Å². The molecule has 0 spiro atoms. The van der Waals surface area contributed by atoms with Crippen molar-refractivity contribution in [3.63, 3.8) is 0 Å². The Morgan fingerprint density at radius 2 is 2.11 bits per heavy atom. The normalized spacial score (nSPS) is 9.78. The van der Waals surface area contributed by atoms with Crippen molar-refractivity contribution < 1.29 is 4.79 Å². The number of carbonyl (C=O) groups is 1. The number of primary amides is 1. The van der Waals surface area contributed by atoms with Gasteiger partial charge in [-0.25, -0.2) is 15.0 Å². The predicted octanol–water partition coefficient (Wildman–Crippen LogP) is -0.827. The molecule has 9 heteroatoms. The number of hydrogen-bond donors (Lipinski definition) is 3. The monoisotopic (exact) mass is 311 g/mol. The van der Waals surface area contributed by atoms with E-state index in [1.807, 2.05) is 0 Å². The second-order valence-corrected chi connectivity index (χ2v) is 4.61. The van der Waals surface area contributed by atoms with E-state index in [1.54, 1.807) is 10.0 Å². The van der Waals surface area contributed by atoms with Crippen molar-refractivity contribution in [3.8, 4) is 0 Å². The number of aromatic amines is 1. The Balaban J connectivity index is 0.000000138. The standard InChI is InChI=1S/C5H5N5.C4H4N2OSe/c6-4-3-5(9-1-7-3)10-2-8-4;5-4(7)3-1-8-2-6-3/h1-2H,(H3,6,7,8,9,10);1-2H,(H2,5,7). The number of nitrogens with zero attached hydrogens (tertiary/aromatic N) is 4. The van der Waals surface area contributed by atoms with Crippen molar-refractivity contribution in [1.82, 2.24) is 24.9 Å². The van der Waals surface area contributed by atoms with E-state index in [4.69, 9.17) is 11.5 Å². The summed E-state index contributed by atoms with van der Waals surface area (Å²) in [6.45, 7) is 0. The summed E-state index contributed by atoms with van der Waals surface area (Å²) in [6.07, 6.45) is 2.92. The van der Waals surface area contributed by atoms with Gasteiger partial charge in [0, 0.05) is 0 Å². The molecule has 0 fully saturated rings. The van der Waals surface area contributed by atoms with Crippen molar-refractivity contribution in [1.29, 1.82) is 0 Å². The predicted molar refractivity (Wildman–Crippen MR) is 65.8 cm³/mol. The van der Waals surface area contributed by atoms with Gasteiger partial charge in [-0.05, 0) is 0 Å². The molecule has 0 bridgehead atoms. The minimum absolute atomic E-state index is 0.268. The number of imidazole rings is 1. The molecule has 3 rings (SSSR count). The van der Waals surface area contributed by atoms with Gasteiger partial charge < -0.3 is 10.7 Å². The molecular weight excluding hydrogens is 301 g/mol. The van der Waals surface area contributed by atoms with Crippen molar-refractivity contribution >= 4 is 37.4 Å². The van der Waals surface area contributed by atoms with E-state index in [2.05, 4.69) is 24.9 Å². The van der Waals surface area contributed by atoms with E-state index >= 15 is 0 Å². The molecule has 0 unspecified atom stereocenters. The first-order chi connectivity index (χ1) is 8.68. The zero-order valence-corrected chi connectivity index (χ0v) is 10.8. The van der Waals surface area contributed by atoms with Gasteiger partial charge in [0.25, 0.3) is 0 Å². The Morgan fingerprint density at radius 1 is 1.28 bits per heavy atom. The molecular formula is C9H9N7OSe. The molecule has 0 aromatic carbocycles. The van der Waals surface area contributed by atoms with Gasteiger partial charge >= 0.3 is 51.6 Å². The van der Waals surface area contributed by atoms with Crippen LogP contribution >= 0.6 is 0 Å². The van der Waals surface area contributed by atoms with Gasteiger partial charge in [-0.3, -0.25) is 0 Å². The molecule has 0 radical (unpaired) electrons. The fraction of sp³-hybridized carbons (Fsp3) is 0. The maximum absolute atomic E-state index is 10.3. The summed E-state index contributed by atoms with van der Waals surface area (Å²) in [4.78, 5) is 30.1. The van der Waals surface area contributed by atoms with Gasteiger partial charge in [0.15, 0.2) is 11.5 Å². The number of amides is 1. The van der Waals surface area contributed by atoms with Crippen molar-refractivity contribution in [2.24, 2.45) is 5.73 Å². The molecule has 3 aromatic rings. The number of nitrogen functional groups attached to an aromatic ring is 1. The Bertz CT molecular complexity index is 648. The van der Waals surface area contributed by atoms with Crippen LogP contribution in [0.4, 0.5) is 5.82 Å². The maximum atomic E-state index is 10.3. The zero-order chi connectivity index (χ0) is 13.0. The van der Waals surface area contributed by atoms with Gasteiger partial charge in [-0.2, -0.15) is 0 Å². The Labute approximate surface area is 107 Å². The molecule has 3 aromatic heterocycles. The van der Waals surface area contributed by atoms with Crippen LogP contribution in [-0.4, -0.2) is 45.3 Å². The topological polar surface area (TPSA) is 136 Å². The number of aromatic nitrogens is 5. The summed E-state index contributed by atoms with van der Waals surface area (Å²) in [5, 5.41) is 1.72. The molecule has 3 heterocycles. The second-order valence-electron chi connectivity index (χ2n) is 3.10. The molecule has 0 aliphatic rings. The van der Waals surface area contributed by atoms with Gasteiger partial charge in [0.05, 0.1) is 6.33 Å². The smallest absolute Gasteiger partial charge is 0.182 e. The fourth-order valence-electron chi connectivity index (χ4n) is 1.12. The average Bonchev–Trinajstić information content (AvgIpc) is 3.02. The van der Waals surface area contributed by atoms with Crippen LogP contribution in [0.3, 0.4) is 0 Å². The summed E-state index contributed by atoms with van der Waals surface area (Å²) in [6, 6.07) is 0. The molecule has 0 aliphatic heterocycles. The minimum Gasteiger partial charge on any atom is -0.382 e. The third kappa shape index (κ3) is 2.70. The number of hydrogen-bond acceptors (Lipinski definition) is 6. The number of nitrogens with two attached hydrogens (primary N) is 2. The van der Waals surface area contributed by atoms with Gasteiger partial charge in [0.2, 0.25) is 0 Å². The fourth-order valence-corrected chi connectivity index (χ4v) is 2.25. The first-order valence-corrected chi connectivity index (χ1v) is 6.74. The maximum Gasteiger partial charge on any atom is 0.182 e. The summed E-state index contributed by atoms with van der Waals surface area (Å²) >= 11 is 0.268. The third-order valence-electron chi connectivity index (χ3n) is 1.94. The number of fused-ring (bicyclic) bond motifs is 1. The van der Waals surface area contributed by atoms with E-state index in [0.717, 1.165) is 0 Å². The van der Waals surface area contributed by atoms with Crippen LogP contribution in [0.2, 0.25) is 0 Å². The van der Waals surface area contributed by atoms with Gasteiger partial charge in [-0.1, -0.05) is 0 Å². The van der Waals surface area contributed by atoms with Crippen LogP contribution < -0.4 is 11.5 Å². The van der Waals surface area contributed by atoms with Crippen LogP contribution in [0, 0.1) is 0 Å². The van der Waals surface area contributed by atoms with Crippen LogP contribution in [0.5, 0.6) is 0 Å². The van der Waals surface area contributed by atoms with Crippen LogP contribution in [0.25, 0.3) is 11.2 Å². The summed E-state index contributed by atoms with van der Waals surface area (Å²) in [7, 11) is 0. The van der Waals surface area contributed by atoms with Crippen LogP contribution in [-0.2, 0) is 0 Å². The molecule has 92 valence electrons. The van der Waals surface area contributed by atoms with Gasteiger partial charge in [-0.15, -0.1) is 0 Å². The van der Waals surface area contributed by atoms with E-state index < -0.39 is 5.91 Å². The van der Waals surface area contributed by atoms with Crippen LogP contribution in [0.15, 0.2) is 22.7 Å². The summed E-state index contributed by atoms with van der Waals surface area (Å²) < 4.78 is 0. The Hall–Kier alpha value is -2.25. The molecule has 18 heavy (non-hydrogen) atoms. The van der Waals surface area contributed by atoms with Crippen molar-refractivity contribution in [3.05, 3.63) is 28.4 Å². The Kier molecular flexibility index (Phi) is 3.66. The third-order valence-corrected chi connectivity index (χ3v) is 3.17. The molecule has 1 amide bonds. The van der Waals surface area contributed by atoms with E-state index in [9.17, 15) is 4.79 Å². The number of nitrogens with one attached hydrogen (secondary N) is 1. The molecule has 8 nitrogen and oxygen atoms in total. The minimum atomic E-state index is -0.430. The molecule has 0 saturated carbocycles. The number of anilines is 1. The van der Waals surface area contributed by atoms with Crippen LogP contribution in [0.1, 0.15) is 10.5 Å². The quantitative estimate of drug-likeness (QED) is 0.502. The molecule has 0 saturated heterocycles. The number of H-pyrrole nitrogens is 1. The average molecular weight is 310 g/mol. The SMILES string of the molecule is NC(=O)c1c[se]cn1.Nc1ncnc2nc[nH]c12. The van der Waals surface area contributed by atoms with Crippen molar-refractivity contribution in [2.45, 2.75) is 0 Å². The van der Waals surface area contributed by atoms with Gasteiger partial charge in [0.1, 0.15) is 11.8 Å². The molecule has 0 atom stereocenters. The summed E-state index contributed by atoms with van der Waals surface area (Å²) in [5.74, 6) is 0.00289. The zero-order valence-electron chi connectivity index (χ0n) is 9.07.